The molecule has 2 aromatic carbocycles. The highest BCUT2D eigenvalue weighted by Crippen LogP contribution is 2.27. The second-order valence-corrected chi connectivity index (χ2v) is 5.86. The maximum atomic E-state index is 13.6. The van der Waals surface area contributed by atoms with E-state index in [2.05, 4.69) is 34.5 Å². The fourth-order valence-electron chi connectivity index (χ4n) is 3.09. The Morgan fingerprint density at radius 2 is 2.09 bits per heavy atom. The normalized spacial score (nSPS) is 13.2. The molecule has 0 fully saturated rings. The Labute approximate surface area is 137 Å². The fourth-order valence-corrected chi connectivity index (χ4v) is 3.09. The molecule has 23 heavy (non-hydrogen) atoms. The summed E-state index contributed by atoms with van der Waals surface area (Å²) in [4.78, 5) is 2.45. The summed E-state index contributed by atoms with van der Waals surface area (Å²) in [6, 6.07) is 13.7. The molecule has 0 spiro atoms. The van der Waals surface area contributed by atoms with E-state index in [4.69, 9.17) is 4.74 Å². The van der Waals surface area contributed by atoms with Crippen LogP contribution < -0.4 is 15.0 Å². The molecule has 1 N–H and O–H groups in total. The Balaban J connectivity index is 1.40. The first kappa shape index (κ1) is 15.8. The van der Waals surface area contributed by atoms with Crippen molar-refractivity contribution < 1.29 is 9.13 Å². The molecule has 0 saturated carbocycles. The van der Waals surface area contributed by atoms with Crippen LogP contribution in [0.4, 0.5) is 10.1 Å². The number of nitrogens with zero attached hydrogens (tertiary/aromatic N) is 1. The number of methoxy groups -OCH3 is 1. The maximum absolute atomic E-state index is 13.6. The minimum atomic E-state index is -0.305. The van der Waals surface area contributed by atoms with Crippen LogP contribution in [0, 0.1) is 5.82 Å². The van der Waals surface area contributed by atoms with Crippen LogP contribution in [0.3, 0.4) is 0 Å². The van der Waals surface area contributed by atoms with Gasteiger partial charge >= 0.3 is 0 Å². The number of hydrogen-bond acceptors (Lipinski definition) is 3. The van der Waals surface area contributed by atoms with Crippen LogP contribution in [0.25, 0.3) is 0 Å². The topological polar surface area (TPSA) is 24.5 Å². The lowest BCUT2D eigenvalue weighted by molar-refractivity contribution is 0.386. The smallest absolute Gasteiger partial charge is 0.165 e. The van der Waals surface area contributed by atoms with Crippen LogP contribution in [-0.4, -0.2) is 26.7 Å². The number of nitrogens with one attached hydrogen (secondary N) is 1. The van der Waals surface area contributed by atoms with E-state index in [1.54, 1.807) is 6.07 Å². The number of anilines is 1. The van der Waals surface area contributed by atoms with Crippen molar-refractivity contribution in [3.05, 3.63) is 59.4 Å². The summed E-state index contributed by atoms with van der Waals surface area (Å²) in [6.07, 6.45) is 2.22. The van der Waals surface area contributed by atoms with E-state index in [9.17, 15) is 4.39 Å². The van der Waals surface area contributed by atoms with Gasteiger partial charge in [-0.1, -0.05) is 24.3 Å². The molecule has 0 aromatic heterocycles. The summed E-state index contributed by atoms with van der Waals surface area (Å²) in [5, 5.41) is 3.38. The van der Waals surface area contributed by atoms with Gasteiger partial charge in [0.05, 0.1) is 7.11 Å². The van der Waals surface area contributed by atoms with Crippen molar-refractivity contribution in [1.82, 2.24) is 5.32 Å². The van der Waals surface area contributed by atoms with E-state index in [-0.39, 0.29) is 5.82 Å². The molecular weight excluding hydrogens is 291 g/mol. The van der Waals surface area contributed by atoms with Crippen molar-refractivity contribution in [3.8, 4) is 5.75 Å². The summed E-state index contributed by atoms with van der Waals surface area (Å²) in [6.45, 7) is 3.77. The van der Waals surface area contributed by atoms with Gasteiger partial charge in [0.1, 0.15) is 0 Å². The minimum Gasteiger partial charge on any atom is -0.494 e. The largest absolute Gasteiger partial charge is 0.494 e. The highest BCUT2D eigenvalue weighted by atomic mass is 19.1. The van der Waals surface area contributed by atoms with Gasteiger partial charge in [0.25, 0.3) is 0 Å². The average Bonchev–Trinajstić information content (AvgIpc) is 2.98. The summed E-state index contributed by atoms with van der Waals surface area (Å²) in [7, 11) is 1.48. The van der Waals surface area contributed by atoms with Crippen LogP contribution in [-0.2, 0) is 13.0 Å². The molecule has 1 aliphatic rings. The fraction of sp³-hybridized carbons (Fsp3) is 0.368. The van der Waals surface area contributed by atoms with Crippen molar-refractivity contribution in [2.45, 2.75) is 19.4 Å². The molecule has 3 nitrogen and oxygen atoms in total. The van der Waals surface area contributed by atoms with Crippen molar-refractivity contribution in [1.29, 1.82) is 0 Å². The second-order valence-electron chi connectivity index (χ2n) is 5.86. The lowest BCUT2D eigenvalue weighted by Crippen LogP contribution is -2.25. The first-order valence-electron chi connectivity index (χ1n) is 8.14. The molecule has 3 rings (SSSR count). The van der Waals surface area contributed by atoms with Crippen molar-refractivity contribution in [2.24, 2.45) is 0 Å². The van der Waals surface area contributed by atoms with Crippen LogP contribution in [0.15, 0.2) is 42.5 Å². The highest BCUT2D eigenvalue weighted by Gasteiger charge is 2.17. The monoisotopic (exact) mass is 314 g/mol. The predicted octanol–water partition coefficient (Wildman–Crippen LogP) is 3.38. The number of hydrogen-bond donors (Lipinski definition) is 1. The van der Waals surface area contributed by atoms with Crippen LogP contribution >= 0.6 is 0 Å². The standard InChI is InChI=1S/C19H23FN2O/c1-23-19-8-7-15(13-17(19)20)14-21-10-4-11-22-12-9-16-5-2-3-6-18(16)22/h2-3,5-8,13,21H,4,9-12,14H2,1H3. The Bertz CT molecular complexity index is 660. The predicted molar refractivity (Wildman–Crippen MR) is 91.6 cm³/mol. The average molecular weight is 314 g/mol. The Kier molecular flexibility index (Phi) is 5.13. The lowest BCUT2D eigenvalue weighted by Gasteiger charge is -2.19. The Morgan fingerprint density at radius 1 is 1.22 bits per heavy atom. The summed E-state index contributed by atoms with van der Waals surface area (Å²) in [5.74, 6) is -0.0121. The van der Waals surface area contributed by atoms with Gasteiger partial charge in [-0.05, 0) is 48.7 Å². The number of halogens is 1. The molecule has 0 bridgehead atoms. The van der Waals surface area contributed by atoms with Crippen molar-refractivity contribution in [2.75, 3.05) is 31.6 Å². The van der Waals surface area contributed by atoms with E-state index in [1.807, 2.05) is 6.07 Å². The summed E-state index contributed by atoms with van der Waals surface area (Å²) < 4.78 is 18.5. The van der Waals surface area contributed by atoms with Gasteiger partial charge in [-0.2, -0.15) is 0 Å². The molecule has 1 aliphatic heterocycles. The third-order valence-electron chi connectivity index (χ3n) is 4.31. The Morgan fingerprint density at radius 3 is 2.91 bits per heavy atom. The van der Waals surface area contributed by atoms with Gasteiger partial charge in [0, 0.05) is 25.3 Å². The van der Waals surface area contributed by atoms with Gasteiger partial charge in [0.15, 0.2) is 11.6 Å². The Hall–Kier alpha value is -2.07. The van der Waals surface area contributed by atoms with E-state index >= 15 is 0 Å². The van der Waals surface area contributed by atoms with E-state index in [0.717, 1.165) is 38.0 Å². The zero-order valence-electron chi connectivity index (χ0n) is 13.5. The molecule has 0 atom stereocenters. The second kappa shape index (κ2) is 7.47. The van der Waals surface area contributed by atoms with E-state index in [1.165, 1.54) is 24.4 Å². The lowest BCUT2D eigenvalue weighted by atomic mass is 10.2. The van der Waals surface area contributed by atoms with Gasteiger partial charge < -0.3 is 15.0 Å². The molecule has 0 radical (unpaired) electrons. The number of para-hydroxylation sites is 1. The highest BCUT2D eigenvalue weighted by molar-refractivity contribution is 5.57. The molecule has 0 saturated heterocycles. The number of fused-ring (bicyclic) bond motifs is 1. The summed E-state index contributed by atoms with van der Waals surface area (Å²) in [5.41, 5.74) is 3.77. The van der Waals surface area contributed by atoms with E-state index < -0.39 is 0 Å². The number of benzene rings is 2. The van der Waals surface area contributed by atoms with Gasteiger partial charge in [0.2, 0.25) is 0 Å². The van der Waals surface area contributed by atoms with Crippen molar-refractivity contribution in [3.63, 3.8) is 0 Å². The minimum absolute atomic E-state index is 0.293. The van der Waals surface area contributed by atoms with Gasteiger partial charge in [-0.25, -0.2) is 4.39 Å². The summed E-state index contributed by atoms with van der Waals surface area (Å²) >= 11 is 0. The third-order valence-corrected chi connectivity index (χ3v) is 4.31. The molecule has 122 valence electrons. The molecule has 0 amide bonds. The van der Waals surface area contributed by atoms with Crippen LogP contribution in [0.2, 0.25) is 0 Å². The van der Waals surface area contributed by atoms with Gasteiger partial charge in [-0.15, -0.1) is 0 Å². The maximum Gasteiger partial charge on any atom is 0.165 e. The number of rotatable bonds is 7. The molecule has 0 aliphatic carbocycles. The first-order valence-corrected chi connectivity index (χ1v) is 8.14. The third kappa shape index (κ3) is 3.82. The molecule has 1 heterocycles. The molecule has 2 aromatic rings. The van der Waals surface area contributed by atoms with Crippen LogP contribution in [0.1, 0.15) is 17.5 Å². The van der Waals surface area contributed by atoms with E-state index in [0.29, 0.717) is 12.3 Å². The quantitative estimate of drug-likeness (QED) is 0.793. The zero-order valence-corrected chi connectivity index (χ0v) is 13.5. The van der Waals surface area contributed by atoms with Crippen LogP contribution in [0.5, 0.6) is 5.75 Å². The molecule has 4 heteroatoms. The zero-order chi connectivity index (χ0) is 16.1. The first-order chi connectivity index (χ1) is 11.3. The van der Waals surface area contributed by atoms with Crippen molar-refractivity contribution >= 4 is 5.69 Å². The molecule has 0 unspecified atom stereocenters. The number of ether oxygens (including phenoxy) is 1. The SMILES string of the molecule is COc1ccc(CNCCCN2CCc3ccccc32)cc1F. The van der Waals surface area contributed by atoms with Gasteiger partial charge in [-0.3, -0.25) is 0 Å². The molecular formula is C19H23FN2O.